The molecular weight excluding hydrogens is 300 g/mol. The maximum absolute atomic E-state index is 4.30. The van der Waals surface area contributed by atoms with Gasteiger partial charge in [-0.05, 0) is 38.3 Å². The highest BCUT2D eigenvalue weighted by Gasteiger charge is 2.12. The maximum Gasteiger partial charge on any atom is 0.148 e. The van der Waals surface area contributed by atoms with Gasteiger partial charge in [-0.2, -0.15) is 11.3 Å². The standard InChI is InChI=1S/C11H13BrN4S/c1-13-10-9(12)11(15-7-14-10)16(2)5-8-3-4-17-6-8/h3-4,6-7H,5H2,1-2H3,(H,13,14,15). The smallest absolute Gasteiger partial charge is 0.148 e. The average molecular weight is 313 g/mol. The molecular formula is C11H13BrN4S. The molecule has 0 saturated carbocycles. The van der Waals surface area contributed by atoms with Crippen molar-refractivity contribution in [2.75, 3.05) is 24.3 Å². The molecule has 0 aliphatic rings. The third kappa shape index (κ3) is 2.76. The van der Waals surface area contributed by atoms with E-state index in [1.54, 1.807) is 17.7 Å². The van der Waals surface area contributed by atoms with E-state index >= 15 is 0 Å². The molecule has 2 aromatic rings. The molecule has 90 valence electrons. The summed E-state index contributed by atoms with van der Waals surface area (Å²) >= 11 is 5.22. The molecule has 6 heteroatoms. The molecule has 0 saturated heterocycles. The summed E-state index contributed by atoms with van der Waals surface area (Å²) in [5, 5.41) is 7.25. The number of thiophene rings is 1. The van der Waals surface area contributed by atoms with E-state index in [1.165, 1.54) is 5.56 Å². The van der Waals surface area contributed by atoms with Crippen LogP contribution in [-0.2, 0) is 6.54 Å². The molecule has 0 bridgehead atoms. The Morgan fingerprint density at radius 1 is 1.47 bits per heavy atom. The molecule has 17 heavy (non-hydrogen) atoms. The number of rotatable bonds is 4. The van der Waals surface area contributed by atoms with Crippen molar-refractivity contribution in [2.24, 2.45) is 0 Å². The Labute approximate surface area is 113 Å². The zero-order valence-corrected chi connectivity index (χ0v) is 12.0. The van der Waals surface area contributed by atoms with E-state index in [-0.39, 0.29) is 0 Å². The van der Waals surface area contributed by atoms with Crippen molar-refractivity contribution in [3.63, 3.8) is 0 Å². The Kier molecular flexibility index (Phi) is 3.96. The minimum Gasteiger partial charge on any atom is -0.372 e. The van der Waals surface area contributed by atoms with Gasteiger partial charge in [0.05, 0.1) is 0 Å². The lowest BCUT2D eigenvalue weighted by molar-refractivity contribution is 0.890. The van der Waals surface area contributed by atoms with Crippen molar-refractivity contribution < 1.29 is 0 Å². The number of aromatic nitrogens is 2. The Hall–Kier alpha value is -1.14. The van der Waals surface area contributed by atoms with E-state index < -0.39 is 0 Å². The molecule has 0 unspecified atom stereocenters. The second-order valence-electron chi connectivity index (χ2n) is 3.60. The highest BCUT2D eigenvalue weighted by Crippen LogP contribution is 2.29. The molecule has 0 fully saturated rings. The number of nitrogens with zero attached hydrogens (tertiary/aromatic N) is 3. The summed E-state index contributed by atoms with van der Waals surface area (Å²) in [6, 6.07) is 2.12. The predicted octanol–water partition coefficient (Wildman–Crippen LogP) is 2.98. The van der Waals surface area contributed by atoms with Crippen molar-refractivity contribution in [3.8, 4) is 0 Å². The Morgan fingerprint density at radius 3 is 2.94 bits per heavy atom. The Bertz CT molecular complexity index is 486. The maximum atomic E-state index is 4.30. The number of anilines is 2. The first-order chi connectivity index (χ1) is 8.22. The first-order valence-corrected chi connectivity index (χ1v) is 6.86. The lowest BCUT2D eigenvalue weighted by Crippen LogP contribution is -2.18. The fourth-order valence-corrected chi connectivity index (χ4v) is 2.90. The molecule has 4 nitrogen and oxygen atoms in total. The monoisotopic (exact) mass is 312 g/mol. The van der Waals surface area contributed by atoms with Gasteiger partial charge in [0.2, 0.25) is 0 Å². The number of hydrogen-bond acceptors (Lipinski definition) is 5. The summed E-state index contributed by atoms with van der Waals surface area (Å²) in [5.41, 5.74) is 1.29. The average Bonchev–Trinajstić information content (AvgIpc) is 2.82. The van der Waals surface area contributed by atoms with Gasteiger partial charge in [-0.25, -0.2) is 9.97 Å². The molecule has 2 rings (SSSR count). The van der Waals surface area contributed by atoms with Gasteiger partial charge in [0.15, 0.2) is 0 Å². The summed E-state index contributed by atoms with van der Waals surface area (Å²) < 4.78 is 0.889. The molecule has 0 spiro atoms. The van der Waals surface area contributed by atoms with Gasteiger partial charge >= 0.3 is 0 Å². The van der Waals surface area contributed by atoms with Crippen LogP contribution >= 0.6 is 27.3 Å². The van der Waals surface area contributed by atoms with Crippen LogP contribution in [0.2, 0.25) is 0 Å². The van der Waals surface area contributed by atoms with Crippen molar-refractivity contribution in [1.29, 1.82) is 0 Å². The highest BCUT2D eigenvalue weighted by molar-refractivity contribution is 9.10. The van der Waals surface area contributed by atoms with Gasteiger partial charge < -0.3 is 10.2 Å². The lowest BCUT2D eigenvalue weighted by atomic mass is 10.3. The topological polar surface area (TPSA) is 41.1 Å². The fraction of sp³-hybridized carbons (Fsp3) is 0.273. The van der Waals surface area contributed by atoms with Gasteiger partial charge in [0, 0.05) is 20.6 Å². The molecule has 0 atom stereocenters. The number of nitrogens with one attached hydrogen (secondary N) is 1. The second-order valence-corrected chi connectivity index (χ2v) is 5.17. The summed E-state index contributed by atoms with van der Waals surface area (Å²) in [6.45, 7) is 0.836. The van der Waals surface area contributed by atoms with Crippen molar-refractivity contribution >= 4 is 38.9 Å². The predicted molar refractivity (Wildman–Crippen MR) is 75.7 cm³/mol. The Morgan fingerprint density at radius 2 is 2.29 bits per heavy atom. The normalized spacial score (nSPS) is 10.3. The quantitative estimate of drug-likeness (QED) is 0.942. The highest BCUT2D eigenvalue weighted by atomic mass is 79.9. The van der Waals surface area contributed by atoms with Crippen molar-refractivity contribution in [1.82, 2.24) is 9.97 Å². The second kappa shape index (κ2) is 5.46. The molecule has 0 aliphatic heterocycles. The van der Waals surface area contributed by atoms with Gasteiger partial charge in [-0.3, -0.25) is 0 Å². The minimum absolute atomic E-state index is 0.798. The third-order valence-corrected chi connectivity index (χ3v) is 3.83. The number of hydrogen-bond donors (Lipinski definition) is 1. The van der Waals surface area contributed by atoms with Crippen LogP contribution in [0.3, 0.4) is 0 Å². The zero-order valence-electron chi connectivity index (χ0n) is 9.64. The van der Waals surface area contributed by atoms with E-state index in [2.05, 4.69) is 52.9 Å². The van der Waals surface area contributed by atoms with Crippen LogP contribution in [0.1, 0.15) is 5.56 Å². The van der Waals surface area contributed by atoms with Crippen molar-refractivity contribution in [2.45, 2.75) is 6.54 Å². The largest absolute Gasteiger partial charge is 0.372 e. The van der Waals surface area contributed by atoms with Crippen LogP contribution < -0.4 is 10.2 Å². The first-order valence-electron chi connectivity index (χ1n) is 5.13. The molecule has 0 amide bonds. The minimum atomic E-state index is 0.798. The zero-order chi connectivity index (χ0) is 12.3. The third-order valence-electron chi connectivity index (χ3n) is 2.37. The summed E-state index contributed by atoms with van der Waals surface area (Å²) in [5.74, 6) is 1.68. The van der Waals surface area contributed by atoms with Crippen molar-refractivity contribution in [3.05, 3.63) is 33.2 Å². The van der Waals surface area contributed by atoms with Crippen LogP contribution in [0.15, 0.2) is 27.6 Å². The molecule has 1 N–H and O–H groups in total. The van der Waals surface area contributed by atoms with Gasteiger partial charge in [0.25, 0.3) is 0 Å². The van der Waals surface area contributed by atoms with Crippen LogP contribution in [0, 0.1) is 0 Å². The van der Waals surface area contributed by atoms with Crippen LogP contribution in [0.4, 0.5) is 11.6 Å². The van der Waals surface area contributed by atoms with Crippen LogP contribution in [0.25, 0.3) is 0 Å². The van der Waals surface area contributed by atoms with E-state index in [0.29, 0.717) is 0 Å². The van der Waals surface area contributed by atoms with Crippen LogP contribution in [-0.4, -0.2) is 24.1 Å². The van der Waals surface area contributed by atoms with Gasteiger partial charge in [-0.1, -0.05) is 0 Å². The van der Waals surface area contributed by atoms with Gasteiger partial charge in [-0.15, -0.1) is 0 Å². The van der Waals surface area contributed by atoms with E-state index in [4.69, 9.17) is 0 Å². The Balaban J connectivity index is 2.22. The van der Waals surface area contributed by atoms with E-state index in [9.17, 15) is 0 Å². The first kappa shape index (κ1) is 12.3. The molecule has 2 aromatic heterocycles. The van der Waals surface area contributed by atoms with Gasteiger partial charge in [0.1, 0.15) is 22.4 Å². The molecule has 0 aromatic carbocycles. The fourth-order valence-electron chi connectivity index (χ4n) is 1.53. The number of halogens is 1. The summed E-state index contributed by atoms with van der Waals surface area (Å²) in [7, 11) is 3.86. The molecule has 0 aliphatic carbocycles. The molecule has 2 heterocycles. The molecule has 0 radical (unpaired) electrons. The summed E-state index contributed by atoms with van der Waals surface area (Å²) in [6.07, 6.45) is 1.57. The lowest BCUT2D eigenvalue weighted by Gasteiger charge is -2.19. The SMILES string of the molecule is CNc1ncnc(N(C)Cc2ccsc2)c1Br. The van der Waals surface area contributed by atoms with E-state index in [0.717, 1.165) is 22.7 Å². The van der Waals surface area contributed by atoms with E-state index in [1.807, 2.05) is 14.1 Å². The summed E-state index contributed by atoms with van der Waals surface area (Å²) in [4.78, 5) is 10.5. The van der Waals surface area contributed by atoms with Crippen LogP contribution in [0.5, 0.6) is 0 Å².